The maximum atomic E-state index is 11.5. The number of hydrogen-bond acceptors (Lipinski definition) is 2. The minimum absolute atomic E-state index is 0.162. The average Bonchev–Trinajstić information content (AvgIpc) is 2.26. The summed E-state index contributed by atoms with van der Waals surface area (Å²) in [4.78, 5) is 11.5. The first kappa shape index (κ1) is 14.5. The Balaban J connectivity index is 1.83. The van der Waals surface area contributed by atoms with Crippen LogP contribution in [0.3, 0.4) is 0 Å². The molecule has 1 fully saturated rings. The van der Waals surface area contributed by atoms with Gasteiger partial charge in [0, 0.05) is 12.5 Å². The minimum Gasteiger partial charge on any atom is -0.393 e. The first-order chi connectivity index (χ1) is 8.22. The van der Waals surface area contributed by atoms with Crippen molar-refractivity contribution in [1.29, 1.82) is 0 Å². The summed E-state index contributed by atoms with van der Waals surface area (Å²) < 4.78 is 0. The normalized spacial score (nSPS) is 23.2. The quantitative estimate of drug-likeness (QED) is 0.610. The van der Waals surface area contributed by atoms with E-state index in [9.17, 15) is 4.79 Å². The molecule has 0 heterocycles. The van der Waals surface area contributed by atoms with Crippen molar-refractivity contribution in [2.24, 2.45) is 0 Å². The molecule has 0 aliphatic heterocycles. The molecule has 3 nitrogen and oxygen atoms in total. The lowest BCUT2D eigenvalue weighted by Crippen LogP contribution is -2.46. The van der Waals surface area contributed by atoms with E-state index in [2.05, 4.69) is 12.2 Å². The molecule has 1 aliphatic rings. The maximum absolute atomic E-state index is 11.5. The number of aliphatic hydroxyl groups excluding tert-OH is 1. The summed E-state index contributed by atoms with van der Waals surface area (Å²) in [7, 11) is 0. The summed E-state index contributed by atoms with van der Waals surface area (Å²) in [5.41, 5.74) is 0. The molecule has 0 unspecified atom stereocenters. The Morgan fingerprint density at radius 2 is 1.71 bits per heavy atom. The van der Waals surface area contributed by atoms with Gasteiger partial charge in [0.2, 0.25) is 5.91 Å². The average molecular weight is 241 g/mol. The van der Waals surface area contributed by atoms with Crippen LogP contribution in [0, 0.1) is 0 Å². The van der Waals surface area contributed by atoms with Crippen LogP contribution in [0.25, 0.3) is 0 Å². The van der Waals surface area contributed by atoms with Crippen molar-refractivity contribution < 1.29 is 9.90 Å². The van der Waals surface area contributed by atoms with Crippen molar-refractivity contribution in [2.75, 3.05) is 0 Å². The number of unbranched alkanes of at least 4 members (excludes halogenated alkanes) is 6. The lowest BCUT2D eigenvalue weighted by molar-refractivity contribution is -0.123. The van der Waals surface area contributed by atoms with Gasteiger partial charge in [-0.1, -0.05) is 45.4 Å². The van der Waals surface area contributed by atoms with E-state index >= 15 is 0 Å². The number of carbonyl (C=O) groups excluding carboxylic acids is 1. The SMILES string of the molecule is CCCCCCCCCC(=O)NC1CC(O)C1. The fourth-order valence-electron chi connectivity index (χ4n) is 2.25. The molecule has 0 aromatic heterocycles. The molecule has 0 aromatic carbocycles. The summed E-state index contributed by atoms with van der Waals surface area (Å²) >= 11 is 0. The third kappa shape index (κ3) is 6.67. The van der Waals surface area contributed by atoms with E-state index in [1.807, 2.05) is 0 Å². The van der Waals surface area contributed by atoms with Gasteiger partial charge in [-0.2, -0.15) is 0 Å². The Bertz CT molecular complexity index is 212. The van der Waals surface area contributed by atoms with Gasteiger partial charge in [-0.25, -0.2) is 0 Å². The predicted molar refractivity (Wildman–Crippen MR) is 69.8 cm³/mol. The summed E-state index contributed by atoms with van der Waals surface area (Å²) in [6.07, 6.45) is 10.7. The third-order valence-electron chi connectivity index (χ3n) is 3.49. The van der Waals surface area contributed by atoms with Gasteiger partial charge in [-0.05, 0) is 19.3 Å². The summed E-state index contributed by atoms with van der Waals surface area (Å²) in [5.74, 6) is 0.162. The topological polar surface area (TPSA) is 49.3 Å². The van der Waals surface area contributed by atoms with Gasteiger partial charge in [0.15, 0.2) is 0 Å². The highest BCUT2D eigenvalue weighted by Crippen LogP contribution is 2.19. The molecule has 17 heavy (non-hydrogen) atoms. The van der Waals surface area contributed by atoms with Crippen LogP contribution in [0.4, 0.5) is 0 Å². The van der Waals surface area contributed by atoms with E-state index in [0.717, 1.165) is 19.3 Å². The molecule has 2 N–H and O–H groups in total. The fourth-order valence-corrected chi connectivity index (χ4v) is 2.25. The van der Waals surface area contributed by atoms with Gasteiger partial charge in [0.1, 0.15) is 0 Å². The lowest BCUT2D eigenvalue weighted by atomic mass is 9.89. The first-order valence-electron chi connectivity index (χ1n) is 7.19. The molecule has 3 heteroatoms. The zero-order chi connectivity index (χ0) is 12.5. The zero-order valence-electron chi connectivity index (χ0n) is 11.1. The van der Waals surface area contributed by atoms with Crippen molar-refractivity contribution >= 4 is 5.91 Å². The van der Waals surface area contributed by atoms with Crippen molar-refractivity contribution in [1.82, 2.24) is 5.32 Å². The second-order valence-electron chi connectivity index (χ2n) is 5.26. The zero-order valence-corrected chi connectivity index (χ0v) is 11.1. The van der Waals surface area contributed by atoms with Gasteiger partial charge in [-0.3, -0.25) is 4.79 Å². The predicted octanol–water partition coefficient (Wildman–Crippen LogP) is 2.77. The van der Waals surface area contributed by atoms with Crippen LogP contribution in [0.5, 0.6) is 0 Å². The van der Waals surface area contributed by atoms with Crippen molar-refractivity contribution in [3.63, 3.8) is 0 Å². The van der Waals surface area contributed by atoms with Gasteiger partial charge in [0.25, 0.3) is 0 Å². The van der Waals surface area contributed by atoms with E-state index in [1.165, 1.54) is 38.5 Å². The number of amides is 1. The molecule has 0 bridgehead atoms. The highest BCUT2D eigenvalue weighted by Gasteiger charge is 2.27. The van der Waals surface area contributed by atoms with Crippen LogP contribution in [0.15, 0.2) is 0 Å². The molecule has 1 rings (SSSR count). The monoisotopic (exact) mass is 241 g/mol. The van der Waals surface area contributed by atoms with Gasteiger partial charge in [0.05, 0.1) is 6.10 Å². The second kappa shape index (κ2) is 8.51. The highest BCUT2D eigenvalue weighted by molar-refractivity contribution is 5.76. The number of rotatable bonds is 9. The molecule has 100 valence electrons. The third-order valence-corrected chi connectivity index (χ3v) is 3.49. The minimum atomic E-state index is -0.182. The lowest BCUT2D eigenvalue weighted by Gasteiger charge is -2.31. The molecule has 1 aliphatic carbocycles. The molecule has 0 spiro atoms. The van der Waals surface area contributed by atoms with Crippen LogP contribution >= 0.6 is 0 Å². The Labute approximate surface area is 105 Å². The molecule has 0 atom stereocenters. The van der Waals surface area contributed by atoms with Crippen molar-refractivity contribution in [3.05, 3.63) is 0 Å². The van der Waals surface area contributed by atoms with E-state index in [4.69, 9.17) is 5.11 Å². The first-order valence-corrected chi connectivity index (χ1v) is 7.19. The number of hydrogen-bond donors (Lipinski definition) is 2. The van der Waals surface area contributed by atoms with Crippen LogP contribution < -0.4 is 5.32 Å². The fraction of sp³-hybridized carbons (Fsp3) is 0.929. The molecular formula is C14H27NO2. The van der Waals surface area contributed by atoms with Crippen LogP contribution in [-0.4, -0.2) is 23.2 Å². The maximum Gasteiger partial charge on any atom is 0.220 e. The Morgan fingerprint density at radius 1 is 1.12 bits per heavy atom. The number of carbonyl (C=O) groups is 1. The molecule has 1 saturated carbocycles. The van der Waals surface area contributed by atoms with E-state index in [-0.39, 0.29) is 18.1 Å². The smallest absolute Gasteiger partial charge is 0.220 e. The van der Waals surface area contributed by atoms with E-state index in [0.29, 0.717) is 6.42 Å². The Kier molecular flexibility index (Phi) is 7.25. The summed E-state index contributed by atoms with van der Waals surface area (Å²) in [6, 6.07) is 0.238. The largest absolute Gasteiger partial charge is 0.393 e. The van der Waals surface area contributed by atoms with Crippen LogP contribution in [-0.2, 0) is 4.79 Å². The van der Waals surface area contributed by atoms with Crippen molar-refractivity contribution in [3.8, 4) is 0 Å². The van der Waals surface area contributed by atoms with E-state index < -0.39 is 0 Å². The highest BCUT2D eigenvalue weighted by atomic mass is 16.3. The van der Waals surface area contributed by atoms with Gasteiger partial charge >= 0.3 is 0 Å². The van der Waals surface area contributed by atoms with Gasteiger partial charge < -0.3 is 10.4 Å². The van der Waals surface area contributed by atoms with E-state index in [1.54, 1.807) is 0 Å². The summed E-state index contributed by atoms with van der Waals surface area (Å²) in [6.45, 7) is 2.22. The van der Waals surface area contributed by atoms with Crippen molar-refractivity contribution in [2.45, 2.75) is 83.3 Å². The molecule has 0 aromatic rings. The summed E-state index contributed by atoms with van der Waals surface area (Å²) in [5, 5.41) is 12.1. The Morgan fingerprint density at radius 3 is 2.29 bits per heavy atom. The van der Waals surface area contributed by atoms with Crippen LogP contribution in [0.2, 0.25) is 0 Å². The number of nitrogens with one attached hydrogen (secondary N) is 1. The molecule has 0 saturated heterocycles. The van der Waals surface area contributed by atoms with Gasteiger partial charge in [-0.15, -0.1) is 0 Å². The van der Waals surface area contributed by atoms with Crippen LogP contribution in [0.1, 0.15) is 71.1 Å². The molecule has 0 radical (unpaired) electrons. The second-order valence-corrected chi connectivity index (χ2v) is 5.26. The molecule has 1 amide bonds. The molecular weight excluding hydrogens is 214 g/mol. The standard InChI is InChI=1S/C14H27NO2/c1-2-3-4-5-6-7-8-9-14(17)15-12-10-13(16)11-12/h12-13,16H,2-11H2,1H3,(H,15,17). The Hall–Kier alpha value is -0.570. The number of aliphatic hydroxyl groups is 1.